The highest BCUT2D eigenvalue weighted by molar-refractivity contribution is 7.92. The lowest BCUT2D eigenvalue weighted by atomic mass is 10.1. The zero-order valence-electron chi connectivity index (χ0n) is 17.2. The van der Waals surface area contributed by atoms with Crippen LogP contribution in [0.4, 0.5) is 10.1 Å². The topological polar surface area (TPSA) is 93.7 Å². The third-order valence-electron chi connectivity index (χ3n) is 4.96. The Morgan fingerprint density at radius 1 is 0.969 bits per heavy atom. The monoisotopic (exact) mass is 456 g/mol. The number of nitrogens with one attached hydrogen (secondary N) is 2. The molecule has 32 heavy (non-hydrogen) atoms. The summed E-state index contributed by atoms with van der Waals surface area (Å²) in [5, 5.41) is 2.87. The van der Waals surface area contributed by atoms with E-state index in [1.54, 1.807) is 6.07 Å². The number of halogens is 1. The average Bonchev–Trinajstić information content (AvgIpc) is 2.80. The minimum Gasteiger partial charge on any atom is -0.486 e. The molecular weight excluding hydrogens is 435 g/mol. The van der Waals surface area contributed by atoms with Crippen LogP contribution < -0.4 is 19.5 Å². The van der Waals surface area contributed by atoms with Crippen molar-refractivity contribution in [1.29, 1.82) is 0 Å². The maximum atomic E-state index is 13.8. The maximum absolute atomic E-state index is 13.8. The van der Waals surface area contributed by atoms with E-state index in [2.05, 4.69) is 10.0 Å². The van der Waals surface area contributed by atoms with Crippen LogP contribution in [0, 0.1) is 5.82 Å². The molecule has 0 unspecified atom stereocenters. The van der Waals surface area contributed by atoms with Crippen LogP contribution in [0.3, 0.4) is 0 Å². The molecule has 2 N–H and O–H groups in total. The number of amides is 1. The predicted octanol–water partition coefficient (Wildman–Crippen LogP) is 3.89. The van der Waals surface area contributed by atoms with E-state index in [0.29, 0.717) is 30.3 Å². The molecule has 0 saturated heterocycles. The lowest BCUT2D eigenvalue weighted by molar-refractivity contribution is 0.0939. The van der Waals surface area contributed by atoms with Gasteiger partial charge >= 0.3 is 0 Å². The normalized spacial score (nSPS) is 13.8. The molecular formula is C23H21FN2O5S. The zero-order valence-corrected chi connectivity index (χ0v) is 18.0. The maximum Gasteiger partial charge on any atom is 0.261 e. The number of para-hydroxylation sites is 1. The first-order valence-corrected chi connectivity index (χ1v) is 11.4. The van der Waals surface area contributed by atoms with E-state index >= 15 is 0 Å². The highest BCUT2D eigenvalue weighted by atomic mass is 32.2. The molecule has 1 atom stereocenters. The van der Waals surface area contributed by atoms with Crippen LogP contribution in [0.1, 0.15) is 28.9 Å². The van der Waals surface area contributed by atoms with Crippen molar-refractivity contribution in [2.45, 2.75) is 17.9 Å². The first-order valence-electron chi connectivity index (χ1n) is 9.91. The fourth-order valence-electron chi connectivity index (χ4n) is 3.23. The van der Waals surface area contributed by atoms with Gasteiger partial charge in [-0.15, -0.1) is 0 Å². The van der Waals surface area contributed by atoms with Crippen molar-refractivity contribution >= 4 is 21.6 Å². The molecule has 166 valence electrons. The van der Waals surface area contributed by atoms with Crippen LogP contribution >= 0.6 is 0 Å². The summed E-state index contributed by atoms with van der Waals surface area (Å²) in [7, 11) is -4.00. The van der Waals surface area contributed by atoms with Gasteiger partial charge in [0.05, 0.1) is 16.6 Å². The molecule has 4 rings (SSSR count). The van der Waals surface area contributed by atoms with Crippen molar-refractivity contribution in [2.24, 2.45) is 0 Å². The van der Waals surface area contributed by atoms with Gasteiger partial charge in [-0.25, -0.2) is 12.8 Å². The number of hydrogen-bond acceptors (Lipinski definition) is 5. The fourth-order valence-corrected chi connectivity index (χ4v) is 4.29. The van der Waals surface area contributed by atoms with Gasteiger partial charge in [-0.1, -0.05) is 18.2 Å². The molecule has 0 saturated carbocycles. The largest absolute Gasteiger partial charge is 0.486 e. The first-order chi connectivity index (χ1) is 15.3. The van der Waals surface area contributed by atoms with Crippen molar-refractivity contribution in [1.82, 2.24) is 5.32 Å². The van der Waals surface area contributed by atoms with E-state index in [1.807, 2.05) is 19.1 Å². The number of carbonyl (C=O) groups excluding carboxylic acids is 1. The average molecular weight is 456 g/mol. The summed E-state index contributed by atoms with van der Waals surface area (Å²) in [6, 6.07) is 16.0. The van der Waals surface area contributed by atoms with Gasteiger partial charge in [0.15, 0.2) is 11.5 Å². The summed E-state index contributed by atoms with van der Waals surface area (Å²) in [6.07, 6.45) is 0. The van der Waals surface area contributed by atoms with Gasteiger partial charge in [-0.2, -0.15) is 0 Å². The Labute approximate surface area is 185 Å². The Morgan fingerprint density at radius 2 is 1.66 bits per heavy atom. The molecule has 0 aliphatic carbocycles. The summed E-state index contributed by atoms with van der Waals surface area (Å²) in [5.41, 5.74) is 0.984. The number of fused-ring (bicyclic) bond motifs is 1. The molecule has 0 spiro atoms. The lowest BCUT2D eigenvalue weighted by Crippen LogP contribution is -2.27. The minimum atomic E-state index is -4.00. The molecule has 0 aromatic heterocycles. The Hall–Kier alpha value is -3.59. The second kappa shape index (κ2) is 8.88. The molecule has 0 fully saturated rings. The standard InChI is InChI=1S/C23H21FN2O5S/c1-15(17-8-11-21-22(14-17)31-13-12-30-21)25-23(27)16-6-9-18(10-7-16)32(28,29)26-20-5-3-2-4-19(20)24/h2-11,14-15,26H,12-13H2,1H3,(H,25,27)/t15-/m1/s1. The van der Waals surface area contributed by atoms with Crippen LogP contribution in [0.5, 0.6) is 11.5 Å². The number of hydrogen-bond donors (Lipinski definition) is 2. The Bertz CT molecular complexity index is 1250. The number of benzene rings is 3. The quantitative estimate of drug-likeness (QED) is 0.587. The van der Waals surface area contributed by atoms with Crippen LogP contribution in [0.25, 0.3) is 0 Å². The third kappa shape index (κ3) is 4.67. The third-order valence-corrected chi connectivity index (χ3v) is 6.34. The van der Waals surface area contributed by atoms with Gasteiger partial charge in [0, 0.05) is 5.56 Å². The van der Waals surface area contributed by atoms with Crippen LogP contribution in [0.15, 0.2) is 71.6 Å². The van der Waals surface area contributed by atoms with Gasteiger partial charge in [-0.3, -0.25) is 9.52 Å². The van der Waals surface area contributed by atoms with Crippen molar-refractivity contribution in [3.63, 3.8) is 0 Å². The summed E-state index contributed by atoms with van der Waals surface area (Å²) in [4.78, 5) is 12.5. The number of carbonyl (C=O) groups is 1. The molecule has 3 aromatic carbocycles. The molecule has 1 heterocycles. The lowest BCUT2D eigenvalue weighted by Gasteiger charge is -2.21. The molecule has 3 aromatic rings. The second-order valence-electron chi connectivity index (χ2n) is 7.21. The van der Waals surface area contributed by atoms with E-state index in [4.69, 9.17) is 9.47 Å². The molecule has 1 amide bonds. The zero-order chi connectivity index (χ0) is 22.7. The second-order valence-corrected chi connectivity index (χ2v) is 8.89. The van der Waals surface area contributed by atoms with E-state index in [1.165, 1.54) is 42.5 Å². The van der Waals surface area contributed by atoms with Gasteiger partial charge in [0.2, 0.25) is 0 Å². The van der Waals surface area contributed by atoms with Crippen LogP contribution in [0.2, 0.25) is 0 Å². The van der Waals surface area contributed by atoms with Gasteiger partial charge in [0.1, 0.15) is 19.0 Å². The fraction of sp³-hybridized carbons (Fsp3) is 0.174. The van der Waals surface area contributed by atoms with E-state index < -0.39 is 15.8 Å². The Morgan fingerprint density at radius 3 is 2.38 bits per heavy atom. The summed E-state index contributed by atoms with van der Waals surface area (Å²) in [6.45, 7) is 2.80. The molecule has 9 heteroatoms. The Balaban J connectivity index is 1.44. The van der Waals surface area contributed by atoms with Crippen LogP contribution in [-0.2, 0) is 10.0 Å². The Kier molecular flexibility index (Phi) is 6.00. The first kappa shape index (κ1) is 21.6. The van der Waals surface area contributed by atoms with Crippen LogP contribution in [-0.4, -0.2) is 27.5 Å². The number of anilines is 1. The molecule has 1 aliphatic heterocycles. The SMILES string of the molecule is C[C@@H](NC(=O)c1ccc(S(=O)(=O)Nc2ccccc2F)cc1)c1ccc2c(c1)OCCO2. The van der Waals surface area contributed by atoms with Crippen molar-refractivity contribution in [3.8, 4) is 11.5 Å². The van der Waals surface area contributed by atoms with Gasteiger partial charge in [-0.05, 0) is 61.0 Å². The molecule has 0 bridgehead atoms. The summed E-state index contributed by atoms with van der Waals surface area (Å²) in [5.74, 6) is 0.254. The van der Waals surface area contributed by atoms with E-state index in [-0.39, 0.29) is 22.5 Å². The highest BCUT2D eigenvalue weighted by Crippen LogP contribution is 2.32. The highest BCUT2D eigenvalue weighted by Gasteiger charge is 2.19. The summed E-state index contributed by atoms with van der Waals surface area (Å²) >= 11 is 0. The van der Waals surface area contributed by atoms with Crippen molar-refractivity contribution < 1.29 is 27.1 Å². The molecule has 0 radical (unpaired) electrons. The number of sulfonamides is 1. The summed E-state index contributed by atoms with van der Waals surface area (Å²) < 4.78 is 52.1. The number of ether oxygens (including phenoxy) is 2. The van der Waals surface area contributed by atoms with E-state index in [0.717, 1.165) is 11.6 Å². The van der Waals surface area contributed by atoms with Gasteiger partial charge in [0.25, 0.3) is 15.9 Å². The minimum absolute atomic E-state index is 0.0859. The predicted molar refractivity (Wildman–Crippen MR) is 117 cm³/mol. The van der Waals surface area contributed by atoms with Crippen molar-refractivity contribution in [2.75, 3.05) is 17.9 Å². The molecule has 7 nitrogen and oxygen atoms in total. The van der Waals surface area contributed by atoms with Crippen molar-refractivity contribution in [3.05, 3.63) is 83.7 Å². The van der Waals surface area contributed by atoms with E-state index in [9.17, 15) is 17.6 Å². The smallest absolute Gasteiger partial charge is 0.261 e. The number of rotatable bonds is 6. The van der Waals surface area contributed by atoms with Gasteiger partial charge < -0.3 is 14.8 Å². The molecule has 1 aliphatic rings.